The number of aromatic amines is 1. The monoisotopic (exact) mass is 415 g/mol. The molecule has 1 saturated heterocycles. The lowest BCUT2D eigenvalue weighted by Crippen LogP contribution is -2.44. The van der Waals surface area contributed by atoms with Crippen molar-refractivity contribution in [1.29, 1.82) is 0 Å². The number of ether oxygens (including phenoxy) is 1. The lowest BCUT2D eigenvalue weighted by Gasteiger charge is -2.35. The van der Waals surface area contributed by atoms with Crippen LogP contribution < -0.4 is 4.90 Å². The first kappa shape index (κ1) is 19.8. The summed E-state index contributed by atoms with van der Waals surface area (Å²) in [4.78, 5) is 19.0. The van der Waals surface area contributed by atoms with Crippen LogP contribution in [0.4, 0.5) is 5.82 Å². The number of morpholine rings is 1. The second-order valence-corrected chi connectivity index (χ2v) is 10.5. The van der Waals surface area contributed by atoms with Crippen LogP contribution in [-0.4, -0.2) is 60.4 Å². The summed E-state index contributed by atoms with van der Waals surface area (Å²) in [7, 11) is -3.39. The molecule has 9 heteroatoms. The molecule has 1 fully saturated rings. The number of benzene rings is 1. The number of imidazole rings is 1. The molecular formula is C20H25N5O3S. The molecule has 0 unspecified atom stereocenters. The number of fused-ring (bicyclic) bond motifs is 1. The normalized spacial score (nSPS) is 18.3. The summed E-state index contributed by atoms with van der Waals surface area (Å²) in [6, 6.07) is 7.67. The Hall–Kier alpha value is -2.52. The number of hydrogen-bond acceptors (Lipinski definition) is 7. The van der Waals surface area contributed by atoms with Crippen molar-refractivity contribution in [2.45, 2.75) is 31.6 Å². The van der Waals surface area contributed by atoms with Crippen LogP contribution in [0.25, 0.3) is 22.4 Å². The third-order valence-electron chi connectivity index (χ3n) is 5.60. The highest BCUT2D eigenvalue weighted by Gasteiger charge is 2.35. The Morgan fingerprint density at radius 2 is 2.03 bits per heavy atom. The maximum absolute atomic E-state index is 12.5. The van der Waals surface area contributed by atoms with Gasteiger partial charge in [-0.15, -0.1) is 0 Å². The second kappa shape index (κ2) is 7.07. The average molecular weight is 416 g/mol. The van der Waals surface area contributed by atoms with E-state index in [4.69, 9.17) is 9.72 Å². The number of nitrogens with zero attached hydrogens (tertiary/aromatic N) is 4. The zero-order chi connectivity index (χ0) is 20.8. The molecule has 29 heavy (non-hydrogen) atoms. The van der Waals surface area contributed by atoms with E-state index in [9.17, 15) is 8.42 Å². The van der Waals surface area contributed by atoms with Gasteiger partial charge in [0, 0.05) is 24.4 Å². The number of rotatable bonds is 4. The Bertz CT molecular complexity index is 1160. The molecule has 1 aliphatic heterocycles. The lowest BCUT2D eigenvalue weighted by atomic mass is 10.1. The largest absolute Gasteiger partial charge is 0.377 e. The highest BCUT2D eigenvalue weighted by molar-refractivity contribution is 7.91. The minimum Gasteiger partial charge on any atom is -0.377 e. The lowest BCUT2D eigenvalue weighted by molar-refractivity contribution is 0.0985. The smallest absolute Gasteiger partial charge is 0.161 e. The van der Waals surface area contributed by atoms with E-state index in [1.807, 2.05) is 18.2 Å². The van der Waals surface area contributed by atoms with E-state index in [-0.39, 0.29) is 6.04 Å². The summed E-state index contributed by atoms with van der Waals surface area (Å²) >= 11 is 0. The quantitative estimate of drug-likeness (QED) is 0.699. The molecule has 1 aliphatic rings. The molecule has 3 heterocycles. The van der Waals surface area contributed by atoms with E-state index in [2.05, 4.69) is 26.8 Å². The number of anilines is 1. The van der Waals surface area contributed by atoms with Crippen molar-refractivity contribution < 1.29 is 13.2 Å². The van der Waals surface area contributed by atoms with Crippen molar-refractivity contribution in [3.05, 3.63) is 36.3 Å². The fourth-order valence-electron chi connectivity index (χ4n) is 3.35. The number of nitrogens with one attached hydrogen (secondary N) is 1. The van der Waals surface area contributed by atoms with E-state index >= 15 is 0 Å². The van der Waals surface area contributed by atoms with Gasteiger partial charge in [-0.2, -0.15) is 0 Å². The molecule has 0 aliphatic carbocycles. The van der Waals surface area contributed by atoms with Crippen molar-refractivity contribution in [3.8, 4) is 11.4 Å². The Morgan fingerprint density at radius 3 is 2.76 bits per heavy atom. The van der Waals surface area contributed by atoms with Crippen LogP contribution in [-0.2, 0) is 19.3 Å². The number of aromatic nitrogens is 4. The molecule has 8 nitrogen and oxygen atoms in total. The van der Waals surface area contributed by atoms with Gasteiger partial charge in [-0.05, 0) is 39.0 Å². The van der Waals surface area contributed by atoms with Crippen LogP contribution in [0.2, 0.25) is 0 Å². The van der Waals surface area contributed by atoms with Gasteiger partial charge in [0.2, 0.25) is 0 Å². The van der Waals surface area contributed by atoms with Gasteiger partial charge in [0.05, 0.1) is 42.3 Å². The molecule has 1 aromatic carbocycles. The minimum absolute atomic E-state index is 0.134. The summed E-state index contributed by atoms with van der Waals surface area (Å²) in [5, 5.41) is 0. The third-order valence-corrected chi connectivity index (χ3v) is 7.66. The molecule has 4 rings (SSSR count). The predicted octanol–water partition coefficient (Wildman–Crippen LogP) is 2.52. The topological polar surface area (TPSA) is 101 Å². The summed E-state index contributed by atoms with van der Waals surface area (Å²) < 4.78 is 29.4. The average Bonchev–Trinajstić information content (AvgIpc) is 3.15. The molecule has 1 atom stereocenters. The van der Waals surface area contributed by atoms with E-state index in [1.165, 1.54) is 6.26 Å². The fourth-order valence-corrected chi connectivity index (χ4v) is 3.83. The first-order valence-corrected chi connectivity index (χ1v) is 11.4. The van der Waals surface area contributed by atoms with E-state index < -0.39 is 14.6 Å². The maximum Gasteiger partial charge on any atom is 0.161 e. The molecule has 0 amide bonds. The molecular weight excluding hydrogens is 390 g/mol. The van der Waals surface area contributed by atoms with Gasteiger partial charge in [0.15, 0.2) is 15.7 Å². The van der Waals surface area contributed by atoms with Crippen molar-refractivity contribution in [2.24, 2.45) is 0 Å². The van der Waals surface area contributed by atoms with Gasteiger partial charge in [0.1, 0.15) is 10.6 Å². The molecule has 0 saturated carbocycles. The third kappa shape index (κ3) is 3.60. The molecule has 0 radical (unpaired) electrons. The van der Waals surface area contributed by atoms with Crippen molar-refractivity contribution in [3.63, 3.8) is 0 Å². The van der Waals surface area contributed by atoms with Crippen LogP contribution in [0.1, 0.15) is 26.5 Å². The predicted molar refractivity (Wildman–Crippen MR) is 113 cm³/mol. The van der Waals surface area contributed by atoms with Crippen molar-refractivity contribution in [2.75, 3.05) is 30.9 Å². The van der Waals surface area contributed by atoms with E-state index in [0.29, 0.717) is 37.1 Å². The van der Waals surface area contributed by atoms with E-state index in [1.54, 1.807) is 26.2 Å². The van der Waals surface area contributed by atoms with Gasteiger partial charge >= 0.3 is 0 Å². The van der Waals surface area contributed by atoms with Crippen LogP contribution in [0, 0.1) is 0 Å². The molecule has 0 spiro atoms. The summed E-state index contributed by atoms with van der Waals surface area (Å²) in [5.74, 6) is 1.19. The molecule has 3 aromatic rings. The first-order valence-electron chi connectivity index (χ1n) is 9.54. The second-order valence-electron chi connectivity index (χ2n) is 7.97. The molecule has 2 aromatic heterocycles. The van der Waals surface area contributed by atoms with Crippen molar-refractivity contribution >= 4 is 26.7 Å². The Labute approximate surface area is 170 Å². The number of hydrogen-bond donors (Lipinski definition) is 1. The summed E-state index contributed by atoms with van der Waals surface area (Å²) in [6.07, 6.45) is 2.88. The number of sulfone groups is 1. The van der Waals surface area contributed by atoms with Crippen LogP contribution in [0.5, 0.6) is 0 Å². The highest BCUT2D eigenvalue weighted by Crippen LogP contribution is 2.32. The van der Waals surface area contributed by atoms with E-state index in [0.717, 1.165) is 16.6 Å². The van der Waals surface area contributed by atoms with Gasteiger partial charge in [-0.3, -0.25) is 0 Å². The Balaban J connectivity index is 1.90. The minimum atomic E-state index is -3.39. The highest BCUT2D eigenvalue weighted by atomic mass is 32.2. The summed E-state index contributed by atoms with van der Waals surface area (Å²) in [6.45, 7) is 7.32. The zero-order valence-electron chi connectivity index (χ0n) is 17.0. The first-order chi connectivity index (χ1) is 13.7. The Kier molecular flexibility index (Phi) is 4.82. The zero-order valence-corrected chi connectivity index (χ0v) is 17.8. The van der Waals surface area contributed by atoms with Gasteiger partial charge in [-0.1, -0.05) is 0 Å². The fraction of sp³-hybridized carbons (Fsp3) is 0.450. The van der Waals surface area contributed by atoms with Gasteiger partial charge < -0.3 is 14.6 Å². The summed E-state index contributed by atoms with van der Waals surface area (Å²) in [5.41, 5.74) is 2.99. The number of H-pyrrole nitrogens is 1. The maximum atomic E-state index is 12.5. The molecule has 0 bridgehead atoms. The van der Waals surface area contributed by atoms with Crippen LogP contribution >= 0.6 is 0 Å². The van der Waals surface area contributed by atoms with Crippen LogP contribution in [0.15, 0.2) is 30.6 Å². The SMILES string of the molecule is C[C@H]1COCCN1c1cc(C(C)(C)S(C)(=O)=O)nc(-c2ccc3[nH]cnc3c2)n1. The van der Waals surface area contributed by atoms with Gasteiger partial charge in [0.25, 0.3) is 0 Å². The van der Waals surface area contributed by atoms with Crippen molar-refractivity contribution in [1.82, 2.24) is 19.9 Å². The van der Waals surface area contributed by atoms with Gasteiger partial charge in [-0.25, -0.2) is 23.4 Å². The van der Waals surface area contributed by atoms with Crippen LogP contribution in [0.3, 0.4) is 0 Å². The Morgan fingerprint density at radius 1 is 1.24 bits per heavy atom. The molecule has 154 valence electrons. The standard InChI is InChI=1S/C20H25N5O3S/c1-13-11-28-8-7-25(13)18-10-17(20(2,3)29(4,26)27)23-19(24-18)14-5-6-15-16(9-14)22-12-21-15/h5-6,9-10,12-13H,7-8,11H2,1-4H3,(H,21,22)/t13-/m0/s1. The molecule has 1 N–H and O–H groups in total.